The van der Waals surface area contributed by atoms with Gasteiger partial charge in [-0.05, 0) is 37.5 Å². The van der Waals surface area contributed by atoms with E-state index in [2.05, 4.69) is 15.8 Å². The molecule has 9 heteroatoms. The van der Waals surface area contributed by atoms with Crippen LogP contribution in [-0.4, -0.2) is 30.4 Å². The molecule has 0 spiro atoms. The summed E-state index contributed by atoms with van der Waals surface area (Å²) in [5, 5.41) is 10.6. The van der Waals surface area contributed by atoms with E-state index in [-0.39, 0.29) is 5.97 Å². The summed E-state index contributed by atoms with van der Waals surface area (Å²) in [4.78, 5) is 25.0. The predicted octanol–water partition coefficient (Wildman–Crippen LogP) is 6.49. The molecule has 0 saturated carbocycles. The van der Waals surface area contributed by atoms with Crippen molar-refractivity contribution in [2.75, 3.05) is 12.4 Å². The average molecular weight is 548 g/mol. The molecule has 0 radical (unpaired) electrons. The summed E-state index contributed by atoms with van der Waals surface area (Å²) >= 11 is 6.22. The van der Waals surface area contributed by atoms with E-state index in [0.29, 0.717) is 40.7 Å². The number of ether oxygens (including phenoxy) is 2. The van der Waals surface area contributed by atoms with Crippen LogP contribution in [-0.2, 0) is 27.2 Å². The second kappa shape index (κ2) is 13.1. The lowest BCUT2D eigenvalue weighted by Gasteiger charge is -2.17. The first kappa shape index (κ1) is 27.9. The van der Waals surface area contributed by atoms with Gasteiger partial charge in [-0.15, -0.1) is 0 Å². The van der Waals surface area contributed by atoms with Gasteiger partial charge < -0.3 is 19.3 Å². The van der Waals surface area contributed by atoms with Gasteiger partial charge >= 0.3 is 12.1 Å². The third-order valence-electron chi connectivity index (χ3n) is 6.25. The second-order valence-electron chi connectivity index (χ2n) is 9.01. The minimum Gasteiger partial charge on any atom is -0.468 e. The Bertz CT molecular complexity index is 1410. The lowest BCUT2D eigenvalue weighted by atomic mass is 10.0. The molecule has 0 aliphatic rings. The molecule has 0 fully saturated rings. The Balaban J connectivity index is 1.40. The normalized spacial score (nSPS) is 12.4. The van der Waals surface area contributed by atoms with Crippen molar-refractivity contribution in [2.24, 2.45) is 0 Å². The molecule has 4 aromatic rings. The number of amides is 1. The summed E-state index contributed by atoms with van der Waals surface area (Å²) < 4.78 is 16.0. The highest BCUT2D eigenvalue weighted by molar-refractivity contribution is 6.31. The second-order valence-corrected chi connectivity index (χ2v) is 9.42. The molecule has 1 heterocycles. The summed E-state index contributed by atoms with van der Waals surface area (Å²) in [5.41, 5.74) is 4.36. The molecule has 0 aliphatic carbocycles. The van der Waals surface area contributed by atoms with Crippen LogP contribution in [0.3, 0.4) is 0 Å². The Hall–Kier alpha value is -4.14. The maximum Gasteiger partial charge on any atom is 0.412 e. The summed E-state index contributed by atoms with van der Waals surface area (Å²) in [6.07, 6.45) is -0.684. The van der Waals surface area contributed by atoms with Crippen molar-refractivity contribution < 1.29 is 23.6 Å². The van der Waals surface area contributed by atoms with E-state index >= 15 is 0 Å². The quantitative estimate of drug-likeness (QED) is 0.219. The Morgan fingerprint density at radius 3 is 2.36 bits per heavy atom. The van der Waals surface area contributed by atoms with E-state index in [1.54, 1.807) is 19.9 Å². The molecular formula is C30H30ClN3O5. The van der Waals surface area contributed by atoms with Gasteiger partial charge in [0.05, 0.1) is 7.11 Å². The first-order valence-electron chi connectivity index (χ1n) is 12.5. The number of carbonyl (C=O) groups excluding carboxylic acids is 2. The first-order valence-corrected chi connectivity index (χ1v) is 12.9. The van der Waals surface area contributed by atoms with Gasteiger partial charge in [-0.2, -0.15) is 0 Å². The Kier molecular flexibility index (Phi) is 9.35. The molecule has 2 unspecified atom stereocenters. The standard InChI is InChI=1S/C30H30ClN3O5/c1-19-27(33-30(36)38-20(2)24-11-7-8-12-25(24)31)28(39-34-19)23-15-13-22(14-16-23)18-32-26(29(35)37-3)17-21-9-5-4-6-10-21/h4-16,20,26,32H,17-18H2,1-3H3,(H,33,36). The number of aryl methyl sites for hydroxylation is 1. The van der Waals surface area contributed by atoms with E-state index in [9.17, 15) is 9.59 Å². The number of esters is 1. The lowest BCUT2D eigenvalue weighted by molar-refractivity contribution is -0.143. The zero-order valence-electron chi connectivity index (χ0n) is 21.9. The average Bonchev–Trinajstić information content (AvgIpc) is 3.31. The number of nitrogens with one attached hydrogen (secondary N) is 2. The van der Waals surface area contributed by atoms with Crippen molar-refractivity contribution in [1.29, 1.82) is 0 Å². The maximum absolute atomic E-state index is 12.7. The number of hydrogen-bond acceptors (Lipinski definition) is 7. The number of halogens is 1. The molecule has 1 aromatic heterocycles. The van der Waals surface area contributed by atoms with Gasteiger partial charge in [-0.25, -0.2) is 4.79 Å². The Morgan fingerprint density at radius 2 is 1.67 bits per heavy atom. The number of aromatic nitrogens is 1. The first-order chi connectivity index (χ1) is 18.9. The van der Waals surface area contributed by atoms with E-state index < -0.39 is 18.2 Å². The molecule has 39 heavy (non-hydrogen) atoms. The highest BCUT2D eigenvalue weighted by atomic mass is 35.5. The van der Waals surface area contributed by atoms with E-state index in [0.717, 1.165) is 16.7 Å². The number of anilines is 1. The van der Waals surface area contributed by atoms with Crippen molar-refractivity contribution in [3.8, 4) is 11.3 Å². The largest absolute Gasteiger partial charge is 0.468 e. The highest BCUT2D eigenvalue weighted by Crippen LogP contribution is 2.32. The van der Waals surface area contributed by atoms with Crippen molar-refractivity contribution >= 4 is 29.4 Å². The van der Waals surface area contributed by atoms with Gasteiger partial charge in [-0.1, -0.05) is 89.6 Å². The Labute approximate surface area is 232 Å². The number of nitrogens with zero attached hydrogens (tertiary/aromatic N) is 1. The fourth-order valence-corrected chi connectivity index (χ4v) is 4.41. The highest BCUT2D eigenvalue weighted by Gasteiger charge is 2.22. The summed E-state index contributed by atoms with van der Waals surface area (Å²) in [5.74, 6) is 0.0879. The van der Waals surface area contributed by atoms with Crippen LogP contribution < -0.4 is 10.6 Å². The zero-order valence-corrected chi connectivity index (χ0v) is 22.7. The van der Waals surface area contributed by atoms with Gasteiger partial charge in [0.2, 0.25) is 0 Å². The number of carbonyl (C=O) groups is 2. The van der Waals surface area contributed by atoms with Gasteiger partial charge in [-0.3, -0.25) is 10.1 Å². The molecule has 0 bridgehead atoms. The van der Waals surface area contributed by atoms with Crippen LogP contribution in [0.25, 0.3) is 11.3 Å². The molecule has 8 nitrogen and oxygen atoms in total. The van der Waals surface area contributed by atoms with Gasteiger partial charge in [0.15, 0.2) is 5.76 Å². The third kappa shape index (κ3) is 7.25. The van der Waals surface area contributed by atoms with E-state index in [4.69, 9.17) is 25.6 Å². The fourth-order valence-electron chi connectivity index (χ4n) is 4.12. The lowest BCUT2D eigenvalue weighted by Crippen LogP contribution is -2.39. The van der Waals surface area contributed by atoms with Crippen LogP contribution in [0.2, 0.25) is 5.02 Å². The molecular weight excluding hydrogens is 518 g/mol. The van der Waals surface area contributed by atoms with Gasteiger partial charge in [0.1, 0.15) is 23.5 Å². The number of hydrogen-bond donors (Lipinski definition) is 2. The van der Waals surface area contributed by atoms with Crippen molar-refractivity contribution in [1.82, 2.24) is 10.5 Å². The molecule has 0 aliphatic heterocycles. The van der Waals surface area contributed by atoms with E-state index in [1.807, 2.05) is 72.8 Å². The van der Waals surface area contributed by atoms with Crippen LogP contribution in [0.15, 0.2) is 83.4 Å². The predicted molar refractivity (Wildman–Crippen MR) is 149 cm³/mol. The monoisotopic (exact) mass is 547 g/mol. The number of benzene rings is 3. The molecule has 2 N–H and O–H groups in total. The van der Waals surface area contributed by atoms with Crippen LogP contribution in [0, 0.1) is 6.92 Å². The topological polar surface area (TPSA) is 103 Å². The molecule has 0 saturated heterocycles. The van der Waals surface area contributed by atoms with Crippen molar-refractivity contribution in [3.63, 3.8) is 0 Å². The van der Waals surface area contributed by atoms with E-state index in [1.165, 1.54) is 7.11 Å². The van der Waals surface area contributed by atoms with Crippen LogP contribution in [0.5, 0.6) is 0 Å². The zero-order chi connectivity index (χ0) is 27.8. The minimum absolute atomic E-state index is 0.320. The smallest absolute Gasteiger partial charge is 0.412 e. The maximum atomic E-state index is 12.7. The van der Waals surface area contributed by atoms with Crippen LogP contribution >= 0.6 is 11.6 Å². The SMILES string of the molecule is COC(=O)C(Cc1ccccc1)NCc1ccc(-c2onc(C)c2NC(=O)OC(C)c2ccccc2Cl)cc1. The molecule has 4 rings (SSSR count). The fraction of sp³-hybridized carbons (Fsp3) is 0.233. The summed E-state index contributed by atoms with van der Waals surface area (Å²) in [7, 11) is 1.38. The number of rotatable bonds is 10. The Morgan fingerprint density at radius 1 is 0.974 bits per heavy atom. The van der Waals surface area contributed by atoms with Gasteiger partial charge in [0.25, 0.3) is 0 Å². The molecule has 1 amide bonds. The van der Waals surface area contributed by atoms with Crippen molar-refractivity contribution in [2.45, 2.75) is 39.0 Å². The van der Waals surface area contributed by atoms with Crippen LogP contribution in [0.4, 0.5) is 10.5 Å². The van der Waals surface area contributed by atoms with Crippen molar-refractivity contribution in [3.05, 3.63) is 106 Å². The molecule has 202 valence electrons. The number of methoxy groups -OCH3 is 1. The minimum atomic E-state index is -0.650. The summed E-state index contributed by atoms with van der Waals surface area (Å²) in [6, 6.07) is 24.0. The third-order valence-corrected chi connectivity index (χ3v) is 6.60. The van der Waals surface area contributed by atoms with Crippen LogP contribution in [0.1, 0.15) is 35.4 Å². The van der Waals surface area contributed by atoms with Gasteiger partial charge in [0, 0.05) is 22.7 Å². The molecule has 3 aromatic carbocycles. The molecule has 2 atom stereocenters. The summed E-state index contributed by atoms with van der Waals surface area (Å²) in [6.45, 7) is 3.94.